The van der Waals surface area contributed by atoms with Crippen molar-refractivity contribution >= 4 is 22.7 Å². The lowest BCUT2D eigenvalue weighted by Gasteiger charge is -2.29. The molecule has 0 N–H and O–H groups in total. The first-order valence-corrected chi connectivity index (χ1v) is 12.1. The van der Waals surface area contributed by atoms with E-state index in [1.807, 2.05) is 11.8 Å². The number of rotatable bonds is 5. The molecule has 1 aromatic heterocycles. The van der Waals surface area contributed by atoms with Crippen molar-refractivity contribution in [3.05, 3.63) is 106 Å². The molecule has 3 aromatic rings. The molecule has 164 valence electrons. The maximum atomic E-state index is 2.34. The molecule has 0 fully saturated rings. The first-order chi connectivity index (χ1) is 15.4. The molecule has 0 saturated carbocycles. The Morgan fingerprint density at radius 1 is 1.09 bits per heavy atom. The largest absolute Gasteiger partial charge is 0.365 e. The molecule has 2 nitrogen and oxygen atoms in total. The number of nitrogens with zero attached hydrogens (tertiary/aromatic N) is 2. The zero-order valence-corrected chi connectivity index (χ0v) is 20.6. The highest BCUT2D eigenvalue weighted by Crippen LogP contribution is 2.38. The van der Waals surface area contributed by atoms with Gasteiger partial charge in [-0.05, 0) is 66.6 Å². The Hall–Kier alpha value is -2.78. The van der Waals surface area contributed by atoms with Crippen molar-refractivity contribution in [3.8, 4) is 0 Å². The maximum Gasteiger partial charge on any atom is 0.212 e. The van der Waals surface area contributed by atoms with Gasteiger partial charge in [-0.2, -0.15) is 0 Å². The normalized spacial score (nSPS) is 16.4. The van der Waals surface area contributed by atoms with Gasteiger partial charge in [0.15, 0.2) is 6.20 Å². The van der Waals surface area contributed by atoms with E-state index in [9.17, 15) is 0 Å². The van der Waals surface area contributed by atoms with Crippen LogP contribution in [0.3, 0.4) is 0 Å². The van der Waals surface area contributed by atoms with Gasteiger partial charge in [0.1, 0.15) is 7.05 Å². The van der Waals surface area contributed by atoms with Crippen molar-refractivity contribution in [1.82, 2.24) is 4.90 Å². The molecule has 0 spiro atoms. The molecule has 3 heteroatoms. The number of hydrogen-bond donors (Lipinski definition) is 0. The summed E-state index contributed by atoms with van der Waals surface area (Å²) in [6, 6.07) is 15.5. The number of aromatic nitrogens is 1. The highest BCUT2D eigenvalue weighted by molar-refractivity contribution is 8.03. The SMILES string of the molecule is Cc1cc2c(cc1C)S/C(=C\C=CC(C)C=CCc1cc[n+](C)c3ccccc13)N(C)C2. The van der Waals surface area contributed by atoms with Crippen LogP contribution in [0, 0.1) is 19.8 Å². The second kappa shape index (κ2) is 9.79. The summed E-state index contributed by atoms with van der Waals surface area (Å²) in [5.41, 5.74) is 6.83. The zero-order chi connectivity index (χ0) is 22.7. The van der Waals surface area contributed by atoms with Gasteiger partial charge in [0.2, 0.25) is 5.52 Å². The van der Waals surface area contributed by atoms with Gasteiger partial charge in [0, 0.05) is 36.0 Å². The molecule has 1 atom stereocenters. The molecule has 0 bridgehead atoms. The minimum atomic E-state index is 0.397. The Balaban J connectivity index is 1.40. The fraction of sp³-hybridized carbons (Fsp3) is 0.276. The molecule has 0 radical (unpaired) electrons. The molecule has 1 aliphatic heterocycles. The lowest BCUT2D eigenvalue weighted by Crippen LogP contribution is -2.28. The topological polar surface area (TPSA) is 7.12 Å². The van der Waals surface area contributed by atoms with E-state index < -0.39 is 0 Å². The van der Waals surface area contributed by atoms with Crippen LogP contribution in [0.2, 0.25) is 0 Å². The van der Waals surface area contributed by atoms with Crippen LogP contribution in [0.5, 0.6) is 0 Å². The monoisotopic (exact) mass is 441 g/mol. The number of pyridine rings is 1. The third-order valence-electron chi connectivity index (χ3n) is 6.24. The Labute approximate surface area is 197 Å². The average molecular weight is 442 g/mol. The van der Waals surface area contributed by atoms with Crippen molar-refractivity contribution in [2.75, 3.05) is 7.05 Å². The van der Waals surface area contributed by atoms with Gasteiger partial charge in [-0.1, -0.05) is 61.2 Å². The van der Waals surface area contributed by atoms with E-state index in [0.717, 1.165) is 13.0 Å². The van der Waals surface area contributed by atoms with E-state index in [4.69, 9.17) is 0 Å². The predicted octanol–water partition coefficient (Wildman–Crippen LogP) is 6.65. The van der Waals surface area contributed by atoms with Gasteiger partial charge < -0.3 is 4.90 Å². The molecular weight excluding hydrogens is 408 g/mol. The molecule has 4 rings (SSSR count). The van der Waals surface area contributed by atoms with E-state index in [1.54, 1.807) is 0 Å². The van der Waals surface area contributed by atoms with Crippen LogP contribution < -0.4 is 4.57 Å². The summed E-state index contributed by atoms with van der Waals surface area (Å²) in [6.07, 6.45) is 14.4. The highest BCUT2D eigenvalue weighted by Gasteiger charge is 2.18. The number of hydrogen-bond acceptors (Lipinski definition) is 2. The van der Waals surface area contributed by atoms with Gasteiger partial charge in [-0.15, -0.1) is 0 Å². The quantitative estimate of drug-likeness (QED) is 0.323. The van der Waals surface area contributed by atoms with Crippen molar-refractivity contribution in [2.45, 2.75) is 38.6 Å². The average Bonchev–Trinajstić information content (AvgIpc) is 2.77. The van der Waals surface area contributed by atoms with Gasteiger partial charge >= 0.3 is 0 Å². The fourth-order valence-electron chi connectivity index (χ4n) is 4.14. The van der Waals surface area contributed by atoms with Gasteiger partial charge in [-0.3, -0.25) is 0 Å². The first-order valence-electron chi connectivity index (χ1n) is 11.3. The van der Waals surface area contributed by atoms with E-state index in [-0.39, 0.29) is 0 Å². The standard InChI is InChI=1S/C29H33N2S/c1-21(10-8-12-24-16-17-30(4)27-14-7-6-13-26(24)27)11-9-15-29-31(5)20-25-18-22(2)23(3)19-28(25)32-29/h6-11,13-19,21H,12,20H2,1-5H3/q+1/b10-8?,11-9?,29-15-. The van der Waals surface area contributed by atoms with Gasteiger partial charge in [0.25, 0.3) is 0 Å². The van der Waals surface area contributed by atoms with E-state index in [1.165, 1.54) is 43.1 Å². The number of allylic oxidation sites excluding steroid dienone is 5. The molecule has 0 saturated heterocycles. The van der Waals surface area contributed by atoms with Crippen LogP contribution in [-0.2, 0) is 20.0 Å². The van der Waals surface area contributed by atoms with Crippen molar-refractivity contribution in [2.24, 2.45) is 13.0 Å². The minimum Gasteiger partial charge on any atom is -0.365 e. The smallest absolute Gasteiger partial charge is 0.212 e. The van der Waals surface area contributed by atoms with Gasteiger partial charge in [-0.25, -0.2) is 4.57 Å². The Kier molecular flexibility index (Phi) is 6.86. The summed E-state index contributed by atoms with van der Waals surface area (Å²) in [5, 5.41) is 2.63. The van der Waals surface area contributed by atoms with Crippen LogP contribution in [0.1, 0.15) is 29.2 Å². The molecule has 32 heavy (non-hydrogen) atoms. The molecule has 0 amide bonds. The van der Waals surface area contributed by atoms with Crippen molar-refractivity contribution in [1.29, 1.82) is 0 Å². The Morgan fingerprint density at radius 2 is 1.88 bits per heavy atom. The number of benzene rings is 2. The Bertz CT molecular complexity index is 1220. The predicted molar refractivity (Wildman–Crippen MR) is 138 cm³/mol. The highest BCUT2D eigenvalue weighted by atomic mass is 32.2. The third-order valence-corrected chi connectivity index (χ3v) is 7.49. The molecular formula is C29H33N2S+. The molecule has 0 aliphatic carbocycles. The Morgan fingerprint density at radius 3 is 2.72 bits per heavy atom. The summed E-state index contributed by atoms with van der Waals surface area (Å²) < 4.78 is 2.18. The third kappa shape index (κ3) is 4.99. The fourth-order valence-corrected chi connectivity index (χ4v) is 5.23. The molecule has 1 aliphatic rings. The summed E-state index contributed by atoms with van der Waals surface area (Å²) in [5.74, 6) is 0.397. The first kappa shape index (κ1) is 22.4. The number of thioether (sulfide) groups is 1. The van der Waals surface area contributed by atoms with Crippen LogP contribution in [0.15, 0.2) is 89.0 Å². The number of aryl methyl sites for hydroxylation is 3. The summed E-state index contributed by atoms with van der Waals surface area (Å²) in [4.78, 5) is 3.73. The summed E-state index contributed by atoms with van der Waals surface area (Å²) >= 11 is 1.87. The minimum absolute atomic E-state index is 0.397. The van der Waals surface area contributed by atoms with Crippen LogP contribution in [0.25, 0.3) is 10.9 Å². The molecule has 2 heterocycles. The van der Waals surface area contributed by atoms with E-state index in [0.29, 0.717) is 5.92 Å². The van der Waals surface area contributed by atoms with Gasteiger partial charge in [0.05, 0.1) is 5.03 Å². The van der Waals surface area contributed by atoms with Crippen LogP contribution >= 0.6 is 11.8 Å². The van der Waals surface area contributed by atoms with Crippen molar-refractivity contribution in [3.63, 3.8) is 0 Å². The lowest BCUT2D eigenvalue weighted by molar-refractivity contribution is -0.644. The van der Waals surface area contributed by atoms with E-state index in [2.05, 4.69) is 123 Å². The van der Waals surface area contributed by atoms with E-state index >= 15 is 0 Å². The summed E-state index contributed by atoms with van der Waals surface area (Å²) in [7, 11) is 4.28. The van der Waals surface area contributed by atoms with Crippen LogP contribution in [-0.4, -0.2) is 11.9 Å². The zero-order valence-electron chi connectivity index (χ0n) is 19.8. The number of fused-ring (bicyclic) bond motifs is 2. The molecule has 2 aromatic carbocycles. The lowest BCUT2D eigenvalue weighted by atomic mass is 10.0. The maximum absolute atomic E-state index is 2.34. The van der Waals surface area contributed by atoms with Crippen LogP contribution in [0.4, 0.5) is 0 Å². The molecule has 1 unspecified atom stereocenters. The number of para-hydroxylation sites is 1. The second-order valence-corrected chi connectivity index (χ2v) is 9.91. The summed E-state index contributed by atoms with van der Waals surface area (Å²) in [6.45, 7) is 7.61. The second-order valence-electron chi connectivity index (χ2n) is 8.85. The van der Waals surface area contributed by atoms with Crippen molar-refractivity contribution < 1.29 is 4.57 Å².